The summed E-state index contributed by atoms with van der Waals surface area (Å²) in [4.78, 5) is 12.9. The Bertz CT molecular complexity index is 367. The van der Waals surface area contributed by atoms with E-state index >= 15 is 0 Å². The number of amides is 1. The van der Waals surface area contributed by atoms with E-state index in [4.69, 9.17) is 0 Å². The highest BCUT2D eigenvalue weighted by molar-refractivity contribution is 7.99. The molecular weight excluding hydrogens is 266 g/mol. The van der Waals surface area contributed by atoms with Crippen LogP contribution in [0.15, 0.2) is 17.5 Å². The third-order valence-corrected chi connectivity index (χ3v) is 5.28. The van der Waals surface area contributed by atoms with Crippen LogP contribution < -0.4 is 5.32 Å². The number of carbonyl (C=O) groups excluding carboxylic acids is 1. The highest BCUT2D eigenvalue weighted by Gasteiger charge is 2.25. The average Bonchev–Trinajstić information content (AvgIpc) is 2.98. The molecule has 0 bridgehead atoms. The summed E-state index contributed by atoms with van der Waals surface area (Å²) in [6.45, 7) is 0.625. The van der Waals surface area contributed by atoms with Crippen molar-refractivity contribution in [2.75, 3.05) is 12.3 Å². The van der Waals surface area contributed by atoms with Gasteiger partial charge in [-0.3, -0.25) is 4.79 Å². The predicted molar refractivity (Wildman–Crippen MR) is 76.8 cm³/mol. The Labute approximate surface area is 116 Å². The van der Waals surface area contributed by atoms with Crippen LogP contribution in [0.4, 0.5) is 0 Å². The normalized spacial score (nSPS) is 23.2. The van der Waals surface area contributed by atoms with Gasteiger partial charge in [-0.15, -0.1) is 23.1 Å². The summed E-state index contributed by atoms with van der Waals surface area (Å²) in [5.74, 6) is 1.74. The van der Waals surface area contributed by atoms with Gasteiger partial charge in [0.25, 0.3) is 0 Å². The van der Waals surface area contributed by atoms with E-state index in [0.29, 0.717) is 12.3 Å². The quantitative estimate of drug-likeness (QED) is 0.843. The Morgan fingerprint density at radius 2 is 2.44 bits per heavy atom. The smallest absolute Gasteiger partial charge is 0.230 e. The minimum absolute atomic E-state index is 0.0793. The number of thioether (sulfide) groups is 1. The van der Waals surface area contributed by atoms with Crippen LogP contribution in [-0.4, -0.2) is 29.4 Å². The lowest BCUT2D eigenvalue weighted by Gasteiger charge is -2.14. The van der Waals surface area contributed by atoms with Crippen LogP contribution in [0.1, 0.15) is 24.1 Å². The third-order valence-electron chi connectivity index (χ3n) is 3.24. The summed E-state index contributed by atoms with van der Waals surface area (Å²) >= 11 is 3.36. The molecule has 2 N–H and O–H groups in total. The van der Waals surface area contributed by atoms with Gasteiger partial charge in [0.15, 0.2) is 0 Å². The van der Waals surface area contributed by atoms with Crippen molar-refractivity contribution in [3.63, 3.8) is 0 Å². The Hall–Kier alpha value is -0.520. The molecule has 0 radical (unpaired) electrons. The number of hydrogen-bond donors (Lipinski definition) is 2. The van der Waals surface area contributed by atoms with E-state index in [1.165, 1.54) is 4.88 Å². The molecule has 1 amide bonds. The number of nitrogens with one attached hydrogen (secondary N) is 1. The van der Waals surface area contributed by atoms with Crippen molar-refractivity contribution in [3.05, 3.63) is 22.4 Å². The summed E-state index contributed by atoms with van der Waals surface area (Å²) < 4.78 is 0. The van der Waals surface area contributed by atoms with Gasteiger partial charge >= 0.3 is 0 Å². The molecule has 0 spiro atoms. The summed E-state index contributed by atoms with van der Waals surface area (Å²) in [5, 5.41) is 14.6. The van der Waals surface area contributed by atoms with Gasteiger partial charge in [0, 0.05) is 23.1 Å². The maximum atomic E-state index is 11.6. The Morgan fingerprint density at radius 3 is 3.11 bits per heavy atom. The van der Waals surface area contributed by atoms with E-state index < -0.39 is 0 Å². The van der Waals surface area contributed by atoms with Crippen molar-refractivity contribution in [3.8, 4) is 0 Å². The highest BCUT2D eigenvalue weighted by atomic mass is 32.2. The molecule has 2 unspecified atom stereocenters. The van der Waals surface area contributed by atoms with Gasteiger partial charge in [0.05, 0.1) is 11.9 Å². The number of rotatable bonds is 6. The average molecular weight is 285 g/mol. The van der Waals surface area contributed by atoms with E-state index in [1.807, 2.05) is 6.07 Å². The Morgan fingerprint density at radius 1 is 1.56 bits per heavy atom. The monoisotopic (exact) mass is 285 g/mol. The molecule has 0 saturated heterocycles. The standard InChI is InChI=1S/C13H19NO2S2/c15-12-5-1-3-10(12)7-14-13(16)9-17-8-11-4-2-6-18-11/h2,4,6,10,12,15H,1,3,5,7-9H2,(H,14,16). The fourth-order valence-corrected chi connectivity index (χ4v) is 3.89. The number of carbonyl (C=O) groups is 1. The largest absolute Gasteiger partial charge is 0.393 e. The molecule has 1 heterocycles. The van der Waals surface area contributed by atoms with Gasteiger partial charge in [-0.05, 0) is 24.3 Å². The lowest BCUT2D eigenvalue weighted by Crippen LogP contribution is -2.33. The second-order valence-corrected chi connectivity index (χ2v) is 6.65. The van der Waals surface area contributed by atoms with Gasteiger partial charge in [-0.2, -0.15) is 0 Å². The van der Waals surface area contributed by atoms with Gasteiger partial charge in [0.2, 0.25) is 5.91 Å². The fourth-order valence-electron chi connectivity index (χ4n) is 2.19. The van der Waals surface area contributed by atoms with Crippen molar-refractivity contribution in [1.82, 2.24) is 5.32 Å². The topological polar surface area (TPSA) is 49.3 Å². The molecule has 1 aromatic rings. The van der Waals surface area contributed by atoms with Gasteiger partial charge < -0.3 is 10.4 Å². The van der Waals surface area contributed by atoms with Gasteiger partial charge in [0.1, 0.15) is 0 Å². The maximum Gasteiger partial charge on any atom is 0.230 e. The molecular formula is C13H19NO2S2. The number of hydrogen-bond acceptors (Lipinski definition) is 4. The van der Waals surface area contributed by atoms with Crippen LogP contribution in [0.25, 0.3) is 0 Å². The van der Waals surface area contributed by atoms with Crippen molar-refractivity contribution in [2.24, 2.45) is 5.92 Å². The molecule has 3 nitrogen and oxygen atoms in total. The Balaban J connectivity index is 1.57. The third kappa shape index (κ3) is 4.30. The van der Waals surface area contributed by atoms with E-state index in [-0.39, 0.29) is 17.9 Å². The fraction of sp³-hybridized carbons (Fsp3) is 0.615. The first-order valence-electron chi connectivity index (χ1n) is 6.30. The van der Waals surface area contributed by atoms with Crippen LogP contribution in [0.5, 0.6) is 0 Å². The molecule has 1 aliphatic carbocycles. The van der Waals surface area contributed by atoms with Gasteiger partial charge in [-0.1, -0.05) is 12.5 Å². The van der Waals surface area contributed by atoms with E-state index in [2.05, 4.69) is 16.8 Å². The van der Waals surface area contributed by atoms with Crippen molar-refractivity contribution < 1.29 is 9.90 Å². The minimum atomic E-state index is -0.218. The highest BCUT2D eigenvalue weighted by Crippen LogP contribution is 2.24. The summed E-state index contributed by atoms with van der Waals surface area (Å²) in [5.41, 5.74) is 0. The number of aliphatic hydroxyl groups excluding tert-OH is 1. The second-order valence-electron chi connectivity index (χ2n) is 4.63. The second kappa shape index (κ2) is 7.16. The summed E-state index contributed by atoms with van der Waals surface area (Å²) in [6, 6.07) is 4.12. The van der Waals surface area contributed by atoms with E-state index in [0.717, 1.165) is 25.0 Å². The molecule has 0 aliphatic heterocycles. The summed E-state index contributed by atoms with van der Waals surface area (Å²) in [6.07, 6.45) is 2.77. The Kier molecular flexibility index (Phi) is 5.53. The van der Waals surface area contributed by atoms with Crippen LogP contribution >= 0.6 is 23.1 Å². The van der Waals surface area contributed by atoms with E-state index in [1.54, 1.807) is 23.1 Å². The molecule has 2 atom stereocenters. The maximum absolute atomic E-state index is 11.6. The van der Waals surface area contributed by atoms with Crippen molar-refractivity contribution >= 4 is 29.0 Å². The van der Waals surface area contributed by atoms with Crippen molar-refractivity contribution in [1.29, 1.82) is 0 Å². The molecule has 1 saturated carbocycles. The molecule has 0 aromatic carbocycles. The number of thiophene rings is 1. The van der Waals surface area contributed by atoms with Crippen LogP contribution in [0.3, 0.4) is 0 Å². The van der Waals surface area contributed by atoms with Crippen molar-refractivity contribution in [2.45, 2.75) is 31.1 Å². The summed E-state index contributed by atoms with van der Waals surface area (Å²) in [7, 11) is 0. The predicted octanol–water partition coefficient (Wildman–Crippen LogP) is 2.26. The molecule has 2 rings (SSSR count). The molecule has 1 fully saturated rings. The molecule has 100 valence electrons. The first-order chi connectivity index (χ1) is 8.75. The zero-order valence-electron chi connectivity index (χ0n) is 10.3. The van der Waals surface area contributed by atoms with Gasteiger partial charge in [-0.25, -0.2) is 0 Å². The SMILES string of the molecule is O=C(CSCc1cccs1)NCC1CCCC1O. The van der Waals surface area contributed by atoms with Crippen LogP contribution in [0.2, 0.25) is 0 Å². The number of aliphatic hydroxyl groups is 1. The molecule has 5 heteroatoms. The molecule has 1 aliphatic rings. The lowest BCUT2D eigenvalue weighted by molar-refractivity contribution is -0.118. The molecule has 18 heavy (non-hydrogen) atoms. The van der Waals surface area contributed by atoms with Crippen LogP contribution in [0, 0.1) is 5.92 Å². The van der Waals surface area contributed by atoms with Crippen LogP contribution in [-0.2, 0) is 10.5 Å². The lowest BCUT2D eigenvalue weighted by atomic mass is 10.1. The zero-order valence-corrected chi connectivity index (χ0v) is 11.9. The molecule has 1 aromatic heterocycles. The minimum Gasteiger partial charge on any atom is -0.393 e. The van der Waals surface area contributed by atoms with E-state index in [9.17, 15) is 9.90 Å². The first kappa shape index (κ1) is 13.9. The first-order valence-corrected chi connectivity index (χ1v) is 8.34. The zero-order chi connectivity index (χ0) is 12.8.